The molecule has 17 heavy (non-hydrogen) atoms. The average molecular weight is 234 g/mol. The average Bonchev–Trinajstić information content (AvgIpc) is 2.23. The molecule has 0 fully saturated rings. The molecule has 0 bridgehead atoms. The van der Waals surface area contributed by atoms with Gasteiger partial charge in [0.15, 0.2) is 5.82 Å². The van der Waals surface area contributed by atoms with Crippen LogP contribution in [0.1, 0.15) is 33.4 Å². The van der Waals surface area contributed by atoms with Crippen LogP contribution in [0.2, 0.25) is 0 Å². The largest absolute Gasteiger partial charge is 0.261 e. The van der Waals surface area contributed by atoms with E-state index in [1.807, 2.05) is 40.7 Å². The van der Waals surface area contributed by atoms with Crippen molar-refractivity contribution in [3.05, 3.63) is 11.8 Å². The van der Waals surface area contributed by atoms with E-state index in [0.717, 1.165) is 17.1 Å². The van der Waals surface area contributed by atoms with E-state index in [-0.39, 0.29) is 0 Å². The Morgan fingerprint density at radius 1 is 1.00 bits per heavy atom. The summed E-state index contributed by atoms with van der Waals surface area (Å²) in [5.41, 5.74) is 8.34. The Morgan fingerprint density at radius 3 is 2.18 bits per heavy atom. The first-order valence-corrected chi connectivity index (χ1v) is 5.37. The van der Waals surface area contributed by atoms with Crippen LogP contribution < -0.4 is 10.9 Å². The van der Waals surface area contributed by atoms with Crippen LogP contribution in [0.5, 0.6) is 0 Å². The zero-order valence-electron chi connectivity index (χ0n) is 10.9. The molecule has 1 aromatic heterocycles. The van der Waals surface area contributed by atoms with Gasteiger partial charge in [0.2, 0.25) is 5.95 Å². The highest BCUT2D eigenvalue weighted by Gasteiger charge is 2.00. The van der Waals surface area contributed by atoms with Crippen LogP contribution in [0.15, 0.2) is 16.3 Å². The van der Waals surface area contributed by atoms with Gasteiger partial charge in [0.25, 0.3) is 0 Å². The molecular weight excluding hydrogens is 216 g/mol. The van der Waals surface area contributed by atoms with Gasteiger partial charge in [-0.15, -0.1) is 0 Å². The van der Waals surface area contributed by atoms with Crippen molar-refractivity contribution in [3.8, 4) is 0 Å². The fraction of sp³-hybridized carbons (Fsp3) is 0.455. The third-order valence-electron chi connectivity index (χ3n) is 1.63. The molecule has 0 aliphatic heterocycles. The lowest BCUT2D eigenvalue weighted by Crippen LogP contribution is -2.03. The highest BCUT2D eigenvalue weighted by Crippen LogP contribution is 2.09. The van der Waals surface area contributed by atoms with Crippen molar-refractivity contribution in [1.29, 1.82) is 0 Å². The minimum atomic E-state index is 0.456. The van der Waals surface area contributed by atoms with Gasteiger partial charge in [-0.1, -0.05) is 0 Å². The van der Waals surface area contributed by atoms with E-state index in [4.69, 9.17) is 0 Å². The Kier molecular flexibility index (Phi) is 4.56. The minimum Gasteiger partial charge on any atom is -0.261 e. The summed E-state index contributed by atoms with van der Waals surface area (Å²) in [5, 5.41) is 8.14. The van der Waals surface area contributed by atoms with Gasteiger partial charge in [-0.3, -0.25) is 5.43 Å². The van der Waals surface area contributed by atoms with Crippen molar-refractivity contribution in [3.63, 3.8) is 0 Å². The first-order chi connectivity index (χ1) is 7.97. The van der Waals surface area contributed by atoms with E-state index in [9.17, 15) is 0 Å². The molecule has 1 rings (SSSR count). The van der Waals surface area contributed by atoms with Gasteiger partial charge in [0.1, 0.15) is 0 Å². The molecule has 0 spiro atoms. The van der Waals surface area contributed by atoms with Crippen molar-refractivity contribution < 1.29 is 0 Å². The molecule has 6 nitrogen and oxygen atoms in total. The Labute approximate surface area is 101 Å². The Morgan fingerprint density at radius 2 is 1.59 bits per heavy atom. The quantitative estimate of drug-likeness (QED) is 0.619. The van der Waals surface area contributed by atoms with Gasteiger partial charge in [0, 0.05) is 23.2 Å². The van der Waals surface area contributed by atoms with Crippen LogP contribution in [0.3, 0.4) is 0 Å². The summed E-state index contributed by atoms with van der Waals surface area (Å²) in [7, 11) is 0. The molecule has 0 aliphatic carbocycles. The first-order valence-electron chi connectivity index (χ1n) is 5.37. The standard InChI is InChI=1S/C11H18N6/c1-7(2)14-16-10-6-9(5)12-11(13-10)17-15-8(3)4/h6H,1-5H3,(H2,12,13,16,17). The predicted octanol–water partition coefficient (Wildman–Crippen LogP) is 2.40. The molecule has 0 saturated carbocycles. The summed E-state index contributed by atoms with van der Waals surface area (Å²) in [6, 6.07) is 1.82. The zero-order chi connectivity index (χ0) is 12.8. The Hall–Kier alpha value is -1.98. The monoisotopic (exact) mass is 234 g/mol. The van der Waals surface area contributed by atoms with Gasteiger partial charge in [-0.25, -0.2) is 10.4 Å². The van der Waals surface area contributed by atoms with Crippen molar-refractivity contribution >= 4 is 23.2 Å². The Balaban J connectivity index is 2.86. The van der Waals surface area contributed by atoms with Crippen LogP contribution in [0.25, 0.3) is 0 Å². The molecule has 1 heterocycles. The zero-order valence-corrected chi connectivity index (χ0v) is 10.9. The number of anilines is 2. The van der Waals surface area contributed by atoms with Gasteiger partial charge < -0.3 is 0 Å². The van der Waals surface area contributed by atoms with Crippen LogP contribution in [0.4, 0.5) is 11.8 Å². The van der Waals surface area contributed by atoms with Crippen LogP contribution >= 0.6 is 0 Å². The maximum atomic E-state index is 4.23. The number of hydrogen-bond acceptors (Lipinski definition) is 6. The molecule has 6 heteroatoms. The Bertz CT molecular complexity index is 403. The molecule has 0 amide bonds. The molecule has 0 unspecified atom stereocenters. The van der Waals surface area contributed by atoms with Crippen LogP contribution in [0, 0.1) is 6.92 Å². The molecule has 92 valence electrons. The SMILES string of the molecule is CC(C)=NNc1cc(C)nc(NN=C(C)C)n1. The highest BCUT2D eigenvalue weighted by molar-refractivity contribution is 5.80. The molecule has 2 N–H and O–H groups in total. The third kappa shape index (κ3) is 5.05. The number of hydrazone groups is 2. The second-order valence-corrected chi connectivity index (χ2v) is 4.06. The lowest BCUT2D eigenvalue weighted by Gasteiger charge is -2.05. The van der Waals surface area contributed by atoms with Crippen molar-refractivity contribution in [1.82, 2.24) is 9.97 Å². The second-order valence-electron chi connectivity index (χ2n) is 4.06. The number of hydrogen-bond donors (Lipinski definition) is 2. The molecule has 1 aromatic rings. The van der Waals surface area contributed by atoms with Crippen molar-refractivity contribution in [2.45, 2.75) is 34.6 Å². The molecule has 0 aliphatic rings. The van der Waals surface area contributed by atoms with Gasteiger partial charge >= 0.3 is 0 Å². The van der Waals surface area contributed by atoms with Crippen LogP contribution in [-0.2, 0) is 0 Å². The summed E-state index contributed by atoms with van der Waals surface area (Å²) in [5.74, 6) is 1.10. The fourth-order valence-electron chi connectivity index (χ4n) is 1.01. The summed E-state index contributed by atoms with van der Waals surface area (Å²) < 4.78 is 0. The van der Waals surface area contributed by atoms with Gasteiger partial charge in [-0.2, -0.15) is 15.2 Å². The molecule has 0 atom stereocenters. The van der Waals surface area contributed by atoms with E-state index >= 15 is 0 Å². The van der Waals surface area contributed by atoms with E-state index in [0.29, 0.717) is 11.8 Å². The smallest absolute Gasteiger partial charge is 0.245 e. The molecule has 0 aromatic carbocycles. The van der Waals surface area contributed by atoms with E-state index in [1.165, 1.54) is 0 Å². The number of rotatable bonds is 4. The molecule has 0 radical (unpaired) electrons. The van der Waals surface area contributed by atoms with Crippen molar-refractivity contribution in [2.75, 3.05) is 10.9 Å². The summed E-state index contributed by atoms with van der Waals surface area (Å²) in [6.07, 6.45) is 0. The van der Waals surface area contributed by atoms with E-state index in [2.05, 4.69) is 31.0 Å². The van der Waals surface area contributed by atoms with Crippen LogP contribution in [-0.4, -0.2) is 21.4 Å². The number of aromatic nitrogens is 2. The normalized spacial score (nSPS) is 9.47. The summed E-state index contributed by atoms with van der Waals surface area (Å²) in [4.78, 5) is 8.45. The number of nitrogens with zero attached hydrogens (tertiary/aromatic N) is 4. The predicted molar refractivity (Wildman–Crippen MR) is 71.6 cm³/mol. The fourth-order valence-corrected chi connectivity index (χ4v) is 1.01. The maximum Gasteiger partial charge on any atom is 0.245 e. The topological polar surface area (TPSA) is 74.6 Å². The maximum absolute atomic E-state index is 4.23. The minimum absolute atomic E-state index is 0.456. The van der Waals surface area contributed by atoms with E-state index in [1.54, 1.807) is 0 Å². The van der Waals surface area contributed by atoms with Gasteiger partial charge in [0.05, 0.1) is 0 Å². The number of nitrogens with one attached hydrogen (secondary N) is 2. The first kappa shape index (κ1) is 13.1. The molecule has 0 saturated heterocycles. The molecular formula is C11H18N6. The lowest BCUT2D eigenvalue weighted by molar-refractivity contribution is 1.06. The van der Waals surface area contributed by atoms with Crippen molar-refractivity contribution in [2.24, 2.45) is 10.2 Å². The summed E-state index contributed by atoms with van der Waals surface area (Å²) in [6.45, 7) is 9.50. The second kappa shape index (κ2) is 5.93. The third-order valence-corrected chi connectivity index (χ3v) is 1.63. The summed E-state index contributed by atoms with van der Waals surface area (Å²) >= 11 is 0. The lowest BCUT2D eigenvalue weighted by atomic mass is 10.4. The van der Waals surface area contributed by atoms with E-state index < -0.39 is 0 Å². The number of aryl methyl sites for hydroxylation is 1. The van der Waals surface area contributed by atoms with Gasteiger partial charge in [-0.05, 0) is 34.6 Å². The highest BCUT2D eigenvalue weighted by atomic mass is 15.4.